The predicted molar refractivity (Wildman–Crippen MR) is 85.4 cm³/mol. The van der Waals surface area contributed by atoms with Gasteiger partial charge in [0.2, 0.25) is 5.91 Å². The third-order valence-corrected chi connectivity index (χ3v) is 4.42. The van der Waals surface area contributed by atoms with Crippen LogP contribution in [-0.4, -0.2) is 19.5 Å². The highest BCUT2D eigenvalue weighted by atomic mass is 16.2. The lowest BCUT2D eigenvalue weighted by Crippen LogP contribution is -2.40. The Morgan fingerprint density at radius 2 is 1.71 bits per heavy atom. The van der Waals surface area contributed by atoms with Gasteiger partial charge in [-0.2, -0.15) is 0 Å². The monoisotopic (exact) mass is 280 g/mol. The third kappa shape index (κ3) is 1.96. The highest BCUT2D eigenvalue weighted by molar-refractivity contribution is 6.10. The number of fused-ring (bicyclic) bond motifs is 1. The molecule has 0 spiro atoms. The highest BCUT2D eigenvalue weighted by Crippen LogP contribution is 2.48. The van der Waals surface area contributed by atoms with Crippen molar-refractivity contribution in [1.29, 1.82) is 0 Å². The van der Waals surface area contributed by atoms with Crippen LogP contribution in [0.4, 0.5) is 5.69 Å². The summed E-state index contributed by atoms with van der Waals surface area (Å²) in [7, 11) is 1.86. The van der Waals surface area contributed by atoms with Crippen LogP contribution in [-0.2, 0) is 10.2 Å². The number of likely N-dealkylation sites (N-methyl/N-ethyl adjacent to an activating group) is 1. The minimum atomic E-state index is -0.591. The Hall–Kier alpha value is -2.13. The number of nitrogens with two attached hydrogens (primary N) is 1. The first-order valence-electron chi connectivity index (χ1n) is 7.35. The van der Waals surface area contributed by atoms with Gasteiger partial charge in [-0.1, -0.05) is 48.5 Å². The Balaban J connectivity index is 2.23. The van der Waals surface area contributed by atoms with Gasteiger partial charge in [-0.25, -0.2) is 0 Å². The molecule has 0 saturated heterocycles. The second-order valence-corrected chi connectivity index (χ2v) is 5.54. The van der Waals surface area contributed by atoms with Gasteiger partial charge in [-0.15, -0.1) is 0 Å². The lowest BCUT2D eigenvalue weighted by molar-refractivity contribution is -0.121. The normalized spacial score (nSPS) is 20.7. The lowest BCUT2D eigenvalue weighted by Gasteiger charge is -2.29. The van der Waals surface area contributed by atoms with Crippen LogP contribution < -0.4 is 10.6 Å². The Morgan fingerprint density at radius 1 is 1.05 bits per heavy atom. The molecule has 2 aromatic carbocycles. The van der Waals surface area contributed by atoms with Gasteiger partial charge in [-0.3, -0.25) is 4.79 Å². The summed E-state index contributed by atoms with van der Waals surface area (Å²) in [6.45, 7) is 0.591. The second kappa shape index (κ2) is 5.34. The molecule has 1 atom stereocenters. The molecule has 108 valence electrons. The number of carbonyl (C=O) groups is 1. The molecule has 0 radical (unpaired) electrons. The molecule has 1 heterocycles. The molecular weight excluding hydrogens is 260 g/mol. The van der Waals surface area contributed by atoms with Gasteiger partial charge >= 0.3 is 0 Å². The predicted octanol–water partition coefficient (Wildman–Crippen LogP) is 2.69. The van der Waals surface area contributed by atoms with E-state index in [9.17, 15) is 4.79 Å². The summed E-state index contributed by atoms with van der Waals surface area (Å²) in [4.78, 5) is 14.9. The Bertz CT molecular complexity index is 653. The molecular formula is C18H20N2O. The lowest BCUT2D eigenvalue weighted by atomic mass is 9.72. The molecule has 3 rings (SSSR count). The molecule has 3 nitrogen and oxygen atoms in total. The van der Waals surface area contributed by atoms with Crippen LogP contribution in [0.15, 0.2) is 54.6 Å². The van der Waals surface area contributed by atoms with E-state index >= 15 is 0 Å². The van der Waals surface area contributed by atoms with Gasteiger partial charge in [0.15, 0.2) is 0 Å². The van der Waals surface area contributed by atoms with Crippen LogP contribution in [0.2, 0.25) is 0 Å². The van der Waals surface area contributed by atoms with Crippen molar-refractivity contribution in [3.8, 4) is 0 Å². The van der Waals surface area contributed by atoms with Crippen molar-refractivity contribution in [3.63, 3.8) is 0 Å². The van der Waals surface area contributed by atoms with E-state index in [2.05, 4.69) is 6.07 Å². The van der Waals surface area contributed by atoms with Gasteiger partial charge < -0.3 is 10.6 Å². The third-order valence-electron chi connectivity index (χ3n) is 4.42. The van der Waals surface area contributed by atoms with Crippen LogP contribution in [0.5, 0.6) is 0 Å². The van der Waals surface area contributed by atoms with Crippen molar-refractivity contribution in [2.45, 2.75) is 18.3 Å². The van der Waals surface area contributed by atoms with Crippen molar-refractivity contribution in [1.82, 2.24) is 0 Å². The van der Waals surface area contributed by atoms with Gasteiger partial charge in [0, 0.05) is 12.7 Å². The van der Waals surface area contributed by atoms with Crippen LogP contribution in [0.25, 0.3) is 0 Å². The molecule has 21 heavy (non-hydrogen) atoms. The van der Waals surface area contributed by atoms with Crippen molar-refractivity contribution < 1.29 is 4.79 Å². The average molecular weight is 280 g/mol. The zero-order valence-corrected chi connectivity index (χ0v) is 12.3. The number of hydrogen-bond donors (Lipinski definition) is 1. The minimum absolute atomic E-state index is 0.142. The summed E-state index contributed by atoms with van der Waals surface area (Å²) in [5.74, 6) is 0.142. The molecule has 0 bridgehead atoms. The molecule has 2 aromatic rings. The second-order valence-electron chi connectivity index (χ2n) is 5.54. The number of rotatable bonds is 4. The zero-order chi connectivity index (χ0) is 14.9. The molecule has 1 unspecified atom stereocenters. The van der Waals surface area contributed by atoms with Crippen LogP contribution >= 0.6 is 0 Å². The average Bonchev–Trinajstić information content (AvgIpc) is 2.76. The molecule has 2 N–H and O–H groups in total. The van der Waals surface area contributed by atoms with Crippen LogP contribution in [0, 0.1) is 0 Å². The largest absolute Gasteiger partial charge is 0.330 e. The Labute approximate surface area is 125 Å². The highest BCUT2D eigenvalue weighted by Gasteiger charge is 2.50. The first kappa shape index (κ1) is 13.8. The van der Waals surface area contributed by atoms with Crippen LogP contribution in [0.1, 0.15) is 24.0 Å². The summed E-state index contributed by atoms with van der Waals surface area (Å²) in [5.41, 5.74) is 8.28. The molecule has 3 heteroatoms. The maximum Gasteiger partial charge on any atom is 0.241 e. The number of benzene rings is 2. The Kier molecular flexibility index (Phi) is 3.52. The van der Waals surface area contributed by atoms with Crippen molar-refractivity contribution in [2.24, 2.45) is 5.73 Å². The molecule has 0 aliphatic carbocycles. The topological polar surface area (TPSA) is 46.3 Å². The fourth-order valence-electron chi connectivity index (χ4n) is 3.39. The number of amides is 1. The van der Waals surface area contributed by atoms with Gasteiger partial charge in [-0.05, 0) is 36.6 Å². The van der Waals surface area contributed by atoms with Gasteiger partial charge in [0.1, 0.15) is 5.41 Å². The molecule has 1 aliphatic heterocycles. The van der Waals surface area contributed by atoms with E-state index in [0.29, 0.717) is 6.54 Å². The summed E-state index contributed by atoms with van der Waals surface area (Å²) < 4.78 is 0. The maximum absolute atomic E-state index is 13.1. The number of para-hydroxylation sites is 1. The molecule has 1 aliphatic rings. The van der Waals surface area contributed by atoms with Crippen molar-refractivity contribution in [3.05, 3.63) is 65.7 Å². The summed E-state index contributed by atoms with van der Waals surface area (Å²) in [6.07, 6.45) is 1.57. The quantitative estimate of drug-likeness (QED) is 0.936. The van der Waals surface area contributed by atoms with E-state index in [1.807, 2.05) is 55.6 Å². The van der Waals surface area contributed by atoms with E-state index in [4.69, 9.17) is 5.73 Å². The number of anilines is 1. The Morgan fingerprint density at radius 3 is 2.43 bits per heavy atom. The van der Waals surface area contributed by atoms with E-state index in [-0.39, 0.29) is 5.91 Å². The fourth-order valence-corrected chi connectivity index (χ4v) is 3.39. The molecule has 0 saturated carbocycles. The van der Waals surface area contributed by atoms with E-state index < -0.39 is 5.41 Å². The van der Waals surface area contributed by atoms with Crippen molar-refractivity contribution in [2.75, 3.05) is 18.5 Å². The van der Waals surface area contributed by atoms with E-state index in [0.717, 1.165) is 29.7 Å². The summed E-state index contributed by atoms with van der Waals surface area (Å²) in [5, 5.41) is 0. The number of nitrogens with zero attached hydrogens (tertiary/aromatic N) is 1. The standard InChI is InChI=1S/C18H20N2O/c1-20-16-11-6-5-10-15(16)18(17(20)21,12-7-13-19)14-8-3-2-4-9-14/h2-6,8-11H,7,12-13,19H2,1H3. The number of hydrogen-bond acceptors (Lipinski definition) is 2. The molecule has 0 aromatic heterocycles. The molecule has 1 amide bonds. The molecule has 0 fully saturated rings. The maximum atomic E-state index is 13.1. The number of carbonyl (C=O) groups excluding carboxylic acids is 1. The smallest absolute Gasteiger partial charge is 0.241 e. The SMILES string of the molecule is CN1C(=O)C(CCCN)(c2ccccc2)c2ccccc21. The van der Waals surface area contributed by atoms with Gasteiger partial charge in [0.05, 0.1) is 0 Å². The van der Waals surface area contributed by atoms with Crippen molar-refractivity contribution >= 4 is 11.6 Å². The first-order chi connectivity index (χ1) is 10.2. The summed E-state index contributed by atoms with van der Waals surface area (Å²) in [6, 6.07) is 18.1. The van der Waals surface area contributed by atoms with E-state index in [1.54, 1.807) is 4.90 Å². The van der Waals surface area contributed by atoms with Gasteiger partial charge in [0.25, 0.3) is 0 Å². The fraction of sp³-hybridized carbons (Fsp3) is 0.278. The zero-order valence-electron chi connectivity index (χ0n) is 12.3. The van der Waals surface area contributed by atoms with E-state index in [1.165, 1.54) is 0 Å². The van der Waals surface area contributed by atoms with Crippen LogP contribution in [0.3, 0.4) is 0 Å². The summed E-state index contributed by atoms with van der Waals surface area (Å²) >= 11 is 0. The first-order valence-corrected chi connectivity index (χ1v) is 7.35. The minimum Gasteiger partial charge on any atom is -0.330 e.